The summed E-state index contributed by atoms with van der Waals surface area (Å²) in [6, 6.07) is 0. The van der Waals surface area contributed by atoms with Gasteiger partial charge in [-0.15, -0.1) is 0 Å². The maximum Gasteiger partial charge on any atom is 0.325 e. The number of hydrogen-bond donors (Lipinski definition) is 1. The molecule has 0 aromatic rings. The third-order valence-corrected chi connectivity index (χ3v) is 3.58. The van der Waals surface area contributed by atoms with E-state index in [-0.39, 0.29) is 5.97 Å². The van der Waals surface area contributed by atoms with Crippen molar-refractivity contribution in [1.82, 2.24) is 4.90 Å². The molecule has 0 aromatic heterocycles. The van der Waals surface area contributed by atoms with Crippen LogP contribution in [0.3, 0.4) is 0 Å². The van der Waals surface area contributed by atoms with Crippen LogP contribution in [0.2, 0.25) is 0 Å². The Kier molecular flexibility index (Phi) is 6.05. The molecule has 0 radical (unpaired) electrons. The lowest BCUT2D eigenvalue weighted by atomic mass is 9.97. The summed E-state index contributed by atoms with van der Waals surface area (Å²) in [5.41, 5.74) is 5.04. The Labute approximate surface area is 110 Å². The quantitative estimate of drug-likeness (QED) is 0.708. The van der Waals surface area contributed by atoms with Crippen LogP contribution in [0.25, 0.3) is 0 Å². The molecular formula is C13H26N2O3. The minimum atomic E-state index is -0.890. The molecule has 5 nitrogen and oxygen atoms in total. The Morgan fingerprint density at radius 3 is 2.67 bits per heavy atom. The molecule has 1 rings (SSSR count). The third-order valence-electron chi connectivity index (χ3n) is 3.58. The predicted octanol–water partition coefficient (Wildman–Crippen LogP) is 0.625. The summed E-state index contributed by atoms with van der Waals surface area (Å²) in [7, 11) is 3.45. The summed E-state index contributed by atoms with van der Waals surface area (Å²) in [6.45, 7) is 5.31. The number of nitrogens with two attached hydrogens (primary N) is 1. The van der Waals surface area contributed by atoms with Gasteiger partial charge in [-0.2, -0.15) is 0 Å². The van der Waals surface area contributed by atoms with Crippen LogP contribution in [0.1, 0.15) is 26.2 Å². The fourth-order valence-electron chi connectivity index (χ4n) is 2.22. The molecule has 18 heavy (non-hydrogen) atoms. The number of methoxy groups -OCH3 is 1. The van der Waals surface area contributed by atoms with Crippen LogP contribution in [0, 0.1) is 5.92 Å². The van der Waals surface area contributed by atoms with Gasteiger partial charge in [0.05, 0.1) is 7.11 Å². The van der Waals surface area contributed by atoms with Crippen molar-refractivity contribution in [2.24, 2.45) is 11.7 Å². The van der Waals surface area contributed by atoms with Gasteiger partial charge in [0, 0.05) is 26.3 Å². The highest BCUT2D eigenvalue weighted by Gasteiger charge is 2.29. The first kappa shape index (κ1) is 15.4. The molecule has 0 bridgehead atoms. The Balaban J connectivity index is 2.27. The molecule has 1 heterocycles. The van der Waals surface area contributed by atoms with Crippen LogP contribution < -0.4 is 5.73 Å². The Hall–Kier alpha value is -0.650. The van der Waals surface area contributed by atoms with E-state index >= 15 is 0 Å². The average molecular weight is 258 g/mol. The highest BCUT2D eigenvalue weighted by atomic mass is 16.5. The number of carbonyl (C=O) groups is 1. The van der Waals surface area contributed by atoms with Crippen molar-refractivity contribution in [2.45, 2.75) is 31.7 Å². The van der Waals surface area contributed by atoms with Gasteiger partial charge >= 0.3 is 5.97 Å². The number of rotatable bonds is 6. The highest BCUT2D eigenvalue weighted by Crippen LogP contribution is 2.16. The fraction of sp³-hybridized carbons (Fsp3) is 0.923. The van der Waals surface area contributed by atoms with Crippen LogP contribution in [0.4, 0.5) is 0 Å². The Morgan fingerprint density at radius 2 is 2.11 bits per heavy atom. The Morgan fingerprint density at radius 1 is 1.50 bits per heavy atom. The molecular weight excluding hydrogens is 232 g/mol. The number of hydrogen-bond acceptors (Lipinski definition) is 5. The summed E-state index contributed by atoms with van der Waals surface area (Å²) in [5, 5.41) is 0. The van der Waals surface area contributed by atoms with Gasteiger partial charge < -0.3 is 20.1 Å². The number of ether oxygens (including phenoxy) is 2. The van der Waals surface area contributed by atoms with E-state index in [9.17, 15) is 4.79 Å². The second-order valence-corrected chi connectivity index (χ2v) is 5.48. The molecule has 0 saturated carbocycles. The van der Waals surface area contributed by atoms with Crippen LogP contribution in [-0.4, -0.2) is 56.9 Å². The van der Waals surface area contributed by atoms with E-state index < -0.39 is 5.54 Å². The normalized spacial score (nSPS) is 20.7. The van der Waals surface area contributed by atoms with Crippen molar-refractivity contribution in [3.05, 3.63) is 0 Å². The first-order chi connectivity index (χ1) is 8.45. The van der Waals surface area contributed by atoms with Crippen molar-refractivity contribution >= 4 is 5.97 Å². The van der Waals surface area contributed by atoms with Crippen molar-refractivity contribution < 1.29 is 14.3 Å². The summed E-state index contributed by atoms with van der Waals surface area (Å²) >= 11 is 0. The molecule has 1 atom stereocenters. The second-order valence-electron chi connectivity index (χ2n) is 5.48. The van der Waals surface area contributed by atoms with Crippen molar-refractivity contribution in [3.63, 3.8) is 0 Å². The van der Waals surface area contributed by atoms with E-state index in [1.807, 2.05) is 0 Å². The van der Waals surface area contributed by atoms with E-state index in [4.69, 9.17) is 15.2 Å². The molecule has 1 unspecified atom stereocenters. The molecule has 1 fully saturated rings. The van der Waals surface area contributed by atoms with Crippen LogP contribution >= 0.6 is 0 Å². The standard InChI is InChI=1S/C13H26N2O3/c1-13(14,12(16)17-3)6-7-15(2)10-11-4-8-18-9-5-11/h11H,4-10,14H2,1-3H3. The van der Waals surface area contributed by atoms with Gasteiger partial charge in [0.1, 0.15) is 5.54 Å². The van der Waals surface area contributed by atoms with E-state index in [2.05, 4.69) is 11.9 Å². The van der Waals surface area contributed by atoms with Gasteiger partial charge in [-0.05, 0) is 39.2 Å². The minimum absolute atomic E-state index is 0.345. The predicted molar refractivity (Wildman–Crippen MR) is 70.3 cm³/mol. The van der Waals surface area contributed by atoms with Gasteiger partial charge in [-0.1, -0.05) is 0 Å². The van der Waals surface area contributed by atoms with Gasteiger partial charge in [0.15, 0.2) is 0 Å². The zero-order valence-corrected chi connectivity index (χ0v) is 11.8. The highest BCUT2D eigenvalue weighted by molar-refractivity contribution is 5.79. The third kappa shape index (κ3) is 4.92. The number of carbonyl (C=O) groups excluding carboxylic acids is 1. The topological polar surface area (TPSA) is 64.8 Å². The van der Waals surface area contributed by atoms with E-state index in [0.717, 1.165) is 39.1 Å². The zero-order chi connectivity index (χ0) is 13.6. The smallest absolute Gasteiger partial charge is 0.325 e. The molecule has 0 aliphatic carbocycles. The summed E-state index contributed by atoms with van der Waals surface area (Å²) in [5.74, 6) is 0.355. The Bertz CT molecular complexity index is 263. The van der Waals surface area contributed by atoms with Crippen molar-refractivity contribution in [2.75, 3.05) is 40.5 Å². The van der Waals surface area contributed by atoms with Crippen LogP contribution in [0.5, 0.6) is 0 Å². The molecule has 1 saturated heterocycles. The lowest BCUT2D eigenvalue weighted by Gasteiger charge is -2.29. The number of esters is 1. The number of nitrogens with zero attached hydrogens (tertiary/aromatic N) is 1. The van der Waals surface area contributed by atoms with Gasteiger partial charge in [0.2, 0.25) is 0 Å². The maximum atomic E-state index is 11.5. The minimum Gasteiger partial charge on any atom is -0.468 e. The average Bonchev–Trinajstić information content (AvgIpc) is 2.36. The monoisotopic (exact) mass is 258 g/mol. The van der Waals surface area contributed by atoms with E-state index in [0.29, 0.717) is 12.3 Å². The molecule has 106 valence electrons. The second kappa shape index (κ2) is 7.07. The van der Waals surface area contributed by atoms with Gasteiger partial charge in [0.25, 0.3) is 0 Å². The molecule has 0 aromatic carbocycles. The van der Waals surface area contributed by atoms with E-state index in [1.165, 1.54) is 7.11 Å². The molecule has 1 aliphatic heterocycles. The van der Waals surface area contributed by atoms with Crippen molar-refractivity contribution in [3.8, 4) is 0 Å². The summed E-state index contributed by atoms with van der Waals surface area (Å²) in [4.78, 5) is 13.7. The molecule has 0 amide bonds. The van der Waals surface area contributed by atoms with Crippen molar-refractivity contribution in [1.29, 1.82) is 0 Å². The first-order valence-corrected chi connectivity index (χ1v) is 6.59. The summed E-state index contributed by atoms with van der Waals surface area (Å²) < 4.78 is 10.0. The molecule has 5 heteroatoms. The van der Waals surface area contributed by atoms with E-state index in [1.54, 1.807) is 6.92 Å². The maximum absolute atomic E-state index is 11.5. The SMILES string of the molecule is COC(=O)C(C)(N)CCN(C)CC1CCOCC1. The fourth-order valence-corrected chi connectivity index (χ4v) is 2.22. The zero-order valence-electron chi connectivity index (χ0n) is 11.8. The molecule has 2 N–H and O–H groups in total. The van der Waals surface area contributed by atoms with Gasteiger partial charge in [-0.25, -0.2) is 0 Å². The largest absolute Gasteiger partial charge is 0.468 e. The molecule has 0 spiro atoms. The lowest BCUT2D eigenvalue weighted by molar-refractivity contribution is -0.146. The lowest BCUT2D eigenvalue weighted by Crippen LogP contribution is -2.48. The summed E-state index contributed by atoms with van der Waals surface area (Å²) in [6.07, 6.45) is 2.86. The molecule has 1 aliphatic rings. The van der Waals surface area contributed by atoms with Gasteiger partial charge in [-0.3, -0.25) is 4.79 Å². The van der Waals surface area contributed by atoms with Crippen LogP contribution in [-0.2, 0) is 14.3 Å². The van der Waals surface area contributed by atoms with Crippen LogP contribution in [0.15, 0.2) is 0 Å². The first-order valence-electron chi connectivity index (χ1n) is 6.59.